The largest absolute Gasteiger partial charge is 0.493 e. The van der Waals surface area contributed by atoms with Crippen molar-refractivity contribution in [2.75, 3.05) is 18.4 Å². The molecular weight excluding hydrogens is 449 g/mol. The number of nitrogens with zero attached hydrogens (tertiary/aromatic N) is 3. The van der Waals surface area contributed by atoms with Crippen molar-refractivity contribution >= 4 is 28.5 Å². The van der Waals surface area contributed by atoms with Crippen LogP contribution in [0.15, 0.2) is 42.5 Å². The lowest BCUT2D eigenvalue weighted by Gasteiger charge is -2.36. The highest BCUT2D eigenvalue weighted by Crippen LogP contribution is 2.28. The molecular formula is C24H23F3N4O3. The van der Waals surface area contributed by atoms with Gasteiger partial charge in [0.1, 0.15) is 5.52 Å². The fourth-order valence-corrected chi connectivity index (χ4v) is 4.53. The molecule has 2 aromatic carbocycles. The maximum Gasteiger partial charge on any atom is 0.493 e. The SMILES string of the molecule is O=C(Nc1ccc2c(c1)CCN(C1CCC1)CC2)c1nn(OC(=O)C(F)(F)F)c2ccccc12. The van der Waals surface area contributed by atoms with Gasteiger partial charge in [0.05, 0.1) is 0 Å². The molecule has 1 amide bonds. The number of amides is 1. The molecule has 1 aromatic heterocycles. The number of carbonyl (C=O) groups is 2. The van der Waals surface area contributed by atoms with Gasteiger partial charge in [-0.15, -0.1) is 5.10 Å². The quantitative estimate of drug-likeness (QED) is 0.626. The Kier molecular flexibility index (Phi) is 5.76. The summed E-state index contributed by atoms with van der Waals surface area (Å²) < 4.78 is 37.9. The van der Waals surface area contributed by atoms with Crippen molar-refractivity contribution in [2.24, 2.45) is 0 Å². The van der Waals surface area contributed by atoms with E-state index < -0.39 is 18.1 Å². The van der Waals surface area contributed by atoms with Crippen LogP contribution in [0.1, 0.15) is 40.9 Å². The fraction of sp³-hybridized carbons (Fsp3) is 0.375. The number of halogens is 3. The summed E-state index contributed by atoms with van der Waals surface area (Å²) in [7, 11) is 0. The summed E-state index contributed by atoms with van der Waals surface area (Å²) in [4.78, 5) is 31.6. The molecule has 1 fully saturated rings. The number of benzene rings is 2. The van der Waals surface area contributed by atoms with Gasteiger partial charge in [-0.3, -0.25) is 9.69 Å². The van der Waals surface area contributed by atoms with Crippen LogP contribution in [0.5, 0.6) is 0 Å². The van der Waals surface area contributed by atoms with Crippen molar-refractivity contribution in [2.45, 2.75) is 44.3 Å². The summed E-state index contributed by atoms with van der Waals surface area (Å²) in [5.74, 6) is -3.03. The number of hydrogen-bond donors (Lipinski definition) is 1. The van der Waals surface area contributed by atoms with Gasteiger partial charge >= 0.3 is 12.1 Å². The number of para-hydroxylation sites is 1. The topological polar surface area (TPSA) is 76.5 Å². The van der Waals surface area contributed by atoms with Crippen molar-refractivity contribution in [1.82, 2.24) is 14.8 Å². The average molecular weight is 472 g/mol. The van der Waals surface area contributed by atoms with Crippen LogP contribution >= 0.6 is 0 Å². The van der Waals surface area contributed by atoms with E-state index in [1.54, 1.807) is 12.1 Å². The standard InChI is InChI=1S/C24H23F3N4O3/c25-24(26,27)23(33)34-31-20-7-2-1-6-19(20)21(29-31)22(32)28-17-9-8-15-10-12-30(18-4-3-5-18)13-11-16(15)14-17/h1-2,6-9,14,18H,3-5,10-13H2,(H,28,32). The maximum atomic E-state index is 13.0. The van der Waals surface area contributed by atoms with E-state index in [2.05, 4.69) is 20.2 Å². The Balaban J connectivity index is 1.35. The summed E-state index contributed by atoms with van der Waals surface area (Å²) in [6.45, 7) is 2.01. The molecule has 7 nitrogen and oxygen atoms in total. The van der Waals surface area contributed by atoms with E-state index in [1.807, 2.05) is 18.2 Å². The lowest BCUT2D eigenvalue weighted by Crippen LogP contribution is -2.41. The lowest BCUT2D eigenvalue weighted by atomic mass is 9.91. The molecule has 1 saturated carbocycles. The van der Waals surface area contributed by atoms with Gasteiger partial charge in [-0.1, -0.05) is 35.5 Å². The van der Waals surface area contributed by atoms with Crippen molar-refractivity contribution in [3.05, 3.63) is 59.3 Å². The maximum absolute atomic E-state index is 13.0. The van der Waals surface area contributed by atoms with Gasteiger partial charge in [0.25, 0.3) is 5.91 Å². The van der Waals surface area contributed by atoms with Crippen molar-refractivity contribution in [1.29, 1.82) is 0 Å². The number of carbonyl (C=O) groups excluding carboxylic acids is 2. The van der Waals surface area contributed by atoms with Gasteiger partial charge in [0, 0.05) is 30.2 Å². The Hall–Kier alpha value is -3.40. The fourth-order valence-electron chi connectivity index (χ4n) is 4.53. The first-order chi connectivity index (χ1) is 16.3. The Labute approximate surface area is 193 Å². The smallest absolute Gasteiger partial charge is 0.321 e. The highest BCUT2D eigenvalue weighted by molar-refractivity contribution is 6.11. The van der Waals surface area contributed by atoms with E-state index >= 15 is 0 Å². The molecule has 2 heterocycles. The van der Waals surface area contributed by atoms with Crippen LogP contribution in [0.4, 0.5) is 18.9 Å². The molecule has 0 saturated heterocycles. The lowest BCUT2D eigenvalue weighted by molar-refractivity contribution is -0.200. The summed E-state index contributed by atoms with van der Waals surface area (Å²) in [6.07, 6.45) is 0.475. The van der Waals surface area contributed by atoms with Crippen molar-refractivity contribution in [3.63, 3.8) is 0 Å². The molecule has 0 atom stereocenters. The van der Waals surface area contributed by atoms with Crippen LogP contribution in [-0.4, -0.2) is 52.0 Å². The zero-order valence-electron chi connectivity index (χ0n) is 18.3. The molecule has 1 aliphatic carbocycles. The van der Waals surface area contributed by atoms with Crippen LogP contribution in [0.3, 0.4) is 0 Å². The van der Waals surface area contributed by atoms with E-state index in [-0.39, 0.29) is 16.6 Å². The Morgan fingerprint density at radius 1 is 1.03 bits per heavy atom. The number of rotatable bonds is 4. The summed E-state index contributed by atoms with van der Waals surface area (Å²) >= 11 is 0. The van der Waals surface area contributed by atoms with Crippen molar-refractivity contribution < 1.29 is 27.6 Å². The van der Waals surface area contributed by atoms with Gasteiger partial charge in [0.15, 0.2) is 5.69 Å². The van der Waals surface area contributed by atoms with E-state index in [0.29, 0.717) is 16.6 Å². The van der Waals surface area contributed by atoms with E-state index in [4.69, 9.17) is 0 Å². The molecule has 178 valence electrons. The number of alkyl halides is 3. The second kappa shape index (κ2) is 8.75. The summed E-state index contributed by atoms with van der Waals surface area (Å²) in [5, 5.41) is 6.89. The molecule has 0 unspecified atom stereocenters. The highest BCUT2D eigenvalue weighted by atomic mass is 19.4. The molecule has 0 bridgehead atoms. The van der Waals surface area contributed by atoms with Crippen molar-refractivity contribution in [3.8, 4) is 0 Å². The van der Waals surface area contributed by atoms with Gasteiger partial charge in [-0.2, -0.15) is 13.2 Å². The minimum absolute atomic E-state index is 0.0725. The number of aromatic nitrogens is 2. The number of fused-ring (bicyclic) bond motifs is 2. The third-order valence-corrected chi connectivity index (χ3v) is 6.56. The monoisotopic (exact) mass is 472 g/mol. The van der Waals surface area contributed by atoms with Crippen LogP contribution in [0, 0.1) is 0 Å². The number of anilines is 1. The van der Waals surface area contributed by atoms with E-state index in [1.165, 1.54) is 42.5 Å². The third kappa shape index (κ3) is 4.37. The Bertz CT molecular complexity index is 1250. The molecule has 3 aromatic rings. The molecule has 10 heteroatoms. The zero-order valence-corrected chi connectivity index (χ0v) is 18.3. The molecule has 1 aliphatic heterocycles. The summed E-state index contributed by atoms with van der Waals surface area (Å²) in [6, 6.07) is 12.6. The predicted octanol–water partition coefficient (Wildman–Crippen LogP) is 3.76. The molecule has 34 heavy (non-hydrogen) atoms. The second-order valence-electron chi connectivity index (χ2n) is 8.67. The molecule has 2 aliphatic rings. The van der Waals surface area contributed by atoms with Gasteiger partial charge < -0.3 is 10.2 Å². The Morgan fingerprint density at radius 3 is 2.47 bits per heavy atom. The Morgan fingerprint density at radius 2 is 1.76 bits per heavy atom. The zero-order chi connectivity index (χ0) is 23.9. The van der Waals surface area contributed by atoms with Gasteiger partial charge in [0.2, 0.25) is 0 Å². The molecule has 1 N–H and O–H groups in total. The normalized spacial score (nSPS) is 17.0. The van der Waals surface area contributed by atoms with Gasteiger partial charge in [-0.25, -0.2) is 4.79 Å². The summed E-state index contributed by atoms with van der Waals surface area (Å²) in [5.41, 5.74) is 2.94. The molecule has 5 rings (SSSR count). The van der Waals surface area contributed by atoms with E-state index in [0.717, 1.165) is 25.9 Å². The highest BCUT2D eigenvalue weighted by Gasteiger charge is 2.42. The molecule has 0 spiro atoms. The van der Waals surface area contributed by atoms with Crippen LogP contribution in [-0.2, 0) is 17.6 Å². The number of nitrogens with one attached hydrogen (secondary N) is 1. The first-order valence-electron chi connectivity index (χ1n) is 11.2. The van der Waals surface area contributed by atoms with Gasteiger partial charge in [-0.05, 0) is 55.0 Å². The first kappa shape index (κ1) is 22.4. The average Bonchev–Trinajstić information content (AvgIpc) is 3.00. The van der Waals surface area contributed by atoms with Crippen LogP contribution < -0.4 is 10.2 Å². The first-order valence-corrected chi connectivity index (χ1v) is 11.2. The van der Waals surface area contributed by atoms with Crippen LogP contribution in [0.2, 0.25) is 0 Å². The molecule has 0 radical (unpaired) electrons. The third-order valence-electron chi connectivity index (χ3n) is 6.56. The number of hydrogen-bond acceptors (Lipinski definition) is 5. The van der Waals surface area contributed by atoms with Crippen LogP contribution in [0.25, 0.3) is 10.9 Å². The second-order valence-corrected chi connectivity index (χ2v) is 8.67. The van der Waals surface area contributed by atoms with E-state index in [9.17, 15) is 22.8 Å². The predicted molar refractivity (Wildman–Crippen MR) is 118 cm³/mol. The minimum Gasteiger partial charge on any atom is -0.321 e. The minimum atomic E-state index is -5.19.